The normalized spacial score (nSPS) is 10.8. The van der Waals surface area contributed by atoms with E-state index in [1.165, 1.54) is 12.3 Å². The highest BCUT2D eigenvalue weighted by atomic mass is 16.5. The summed E-state index contributed by atoms with van der Waals surface area (Å²) in [5.41, 5.74) is 2.64. The summed E-state index contributed by atoms with van der Waals surface area (Å²) < 4.78 is 5.56. The van der Waals surface area contributed by atoms with Gasteiger partial charge in [-0.3, -0.25) is 4.79 Å². The molecule has 0 aliphatic carbocycles. The van der Waals surface area contributed by atoms with E-state index in [1.54, 1.807) is 24.3 Å². The molecule has 1 amide bonds. The molecule has 0 aromatic heterocycles. The fourth-order valence-corrected chi connectivity index (χ4v) is 2.47. The summed E-state index contributed by atoms with van der Waals surface area (Å²) in [5, 5.41) is 16.7. The molecular formula is C20H15N2O4-. The average Bonchev–Trinajstić information content (AvgIpc) is 2.66. The van der Waals surface area contributed by atoms with Crippen LogP contribution in [0.5, 0.6) is 5.75 Å². The molecule has 26 heavy (non-hydrogen) atoms. The molecule has 3 rings (SSSR count). The Labute approximate surface area is 149 Å². The number of hydrogen-bond donors (Lipinski definition) is 1. The Kier molecular flexibility index (Phi) is 5.24. The van der Waals surface area contributed by atoms with Crippen LogP contribution in [0.25, 0.3) is 10.8 Å². The van der Waals surface area contributed by atoms with Gasteiger partial charge in [0.1, 0.15) is 5.75 Å². The zero-order valence-corrected chi connectivity index (χ0v) is 13.7. The number of aromatic carboxylic acids is 1. The van der Waals surface area contributed by atoms with Gasteiger partial charge < -0.3 is 14.6 Å². The van der Waals surface area contributed by atoms with Crippen LogP contribution >= 0.6 is 0 Å². The van der Waals surface area contributed by atoms with Gasteiger partial charge in [-0.2, -0.15) is 5.10 Å². The first-order valence-corrected chi connectivity index (χ1v) is 7.88. The van der Waals surface area contributed by atoms with Crippen molar-refractivity contribution in [3.63, 3.8) is 0 Å². The lowest BCUT2D eigenvalue weighted by Crippen LogP contribution is -2.25. The number of carbonyl (C=O) groups is 2. The number of carbonyl (C=O) groups excluding carboxylic acids is 2. The van der Waals surface area contributed by atoms with Crippen LogP contribution in [0.3, 0.4) is 0 Å². The SMILES string of the molecule is O=C(COc1cccc2ccccc12)N/N=C\c1ccccc1C(=O)[O-]. The summed E-state index contributed by atoms with van der Waals surface area (Å²) in [6.07, 6.45) is 1.25. The molecule has 6 nitrogen and oxygen atoms in total. The molecule has 0 spiro atoms. The zero-order chi connectivity index (χ0) is 18.4. The topological polar surface area (TPSA) is 90.8 Å². The molecule has 130 valence electrons. The van der Waals surface area contributed by atoms with Crippen LogP contribution in [0.15, 0.2) is 71.8 Å². The molecule has 3 aromatic rings. The van der Waals surface area contributed by atoms with Crippen molar-refractivity contribution in [1.82, 2.24) is 5.43 Å². The molecule has 0 fully saturated rings. The van der Waals surface area contributed by atoms with Crippen LogP contribution in [0.2, 0.25) is 0 Å². The van der Waals surface area contributed by atoms with Crippen molar-refractivity contribution >= 4 is 28.9 Å². The minimum Gasteiger partial charge on any atom is -0.545 e. The maximum atomic E-state index is 11.9. The third-order valence-corrected chi connectivity index (χ3v) is 3.68. The first-order valence-electron chi connectivity index (χ1n) is 7.88. The van der Waals surface area contributed by atoms with E-state index >= 15 is 0 Å². The number of nitrogens with zero attached hydrogens (tertiary/aromatic N) is 1. The number of carboxylic acids is 1. The van der Waals surface area contributed by atoms with Crippen molar-refractivity contribution in [3.8, 4) is 5.75 Å². The van der Waals surface area contributed by atoms with Gasteiger partial charge in [-0.15, -0.1) is 0 Å². The number of amides is 1. The summed E-state index contributed by atoms with van der Waals surface area (Å²) >= 11 is 0. The monoisotopic (exact) mass is 347 g/mol. The molecule has 0 heterocycles. The van der Waals surface area contributed by atoms with E-state index in [0.717, 1.165) is 10.8 Å². The average molecular weight is 347 g/mol. The van der Waals surface area contributed by atoms with Crippen LogP contribution in [0, 0.1) is 0 Å². The predicted molar refractivity (Wildman–Crippen MR) is 96.0 cm³/mol. The van der Waals surface area contributed by atoms with E-state index in [1.807, 2.05) is 36.4 Å². The Morgan fingerprint density at radius 2 is 1.73 bits per heavy atom. The van der Waals surface area contributed by atoms with E-state index in [9.17, 15) is 14.7 Å². The summed E-state index contributed by atoms with van der Waals surface area (Å²) in [7, 11) is 0. The van der Waals surface area contributed by atoms with Crippen molar-refractivity contribution in [2.24, 2.45) is 5.10 Å². The summed E-state index contributed by atoms with van der Waals surface area (Å²) in [4.78, 5) is 22.9. The van der Waals surface area contributed by atoms with Gasteiger partial charge in [-0.1, -0.05) is 60.7 Å². The number of benzene rings is 3. The third-order valence-electron chi connectivity index (χ3n) is 3.68. The van der Waals surface area contributed by atoms with Gasteiger partial charge in [-0.05, 0) is 11.5 Å². The predicted octanol–water partition coefficient (Wildman–Crippen LogP) is 1.73. The Morgan fingerprint density at radius 1 is 1.00 bits per heavy atom. The van der Waals surface area contributed by atoms with Crippen LogP contribution in [0.4, 0.5) is 0 Å². The lowest BCUT2D eigenvalue weighted by atomic mass is 10.1. The highest BCUT2D eigenvalue weighted by Crippen LogP contribution is 2.24. The largest absolute Gasteiger partial charge is 0.545 e. The van der Waals surface area contributed by atoms with Crippen molar-refractivity contribution in [2.45, 2.75) is 0 Å². The van der Waals surface area contributed by atoms with Crippen LogP contribution in [0.1, 0.15) is 15.9 Å². The molecule has 3 aromatic carbocycles. The molecule has 0 aliphatic rings. The highest BCUT2D eigenvalue weighted by molar-refractivity contribution is 5.97. The molecule has 0 radical (unpaired) electrons. The first kappa shape index (κ1) is 17.2. The van der Waals surface area contributed by atoms with E-state index in [4.69, 9.17) is 4.74 Å². The number of fused-ring (bicyclic) bond motifs is 1. The maximum absolute atomic E-state index is 11.9. The Bertz CT molecular complexity index is 977. The van der Waals surface area contributed by atoms with Gasteiger partial charge in [0.2, 0.25) is 0 Å². The highest BCUT2D eigenvalue weighted by Gasteiger charge is 2.05. The van der Waals surface area contributed by atoms with Crippen molar-refractivity contribution < 1.29 is 19.4 Å². The van der Waals surface area contributed by atoms with Crippen LogP contribution in [-0.2, 0) is 4.79 Å². The smallest absolute Gasteiger partial charge is 0.277 e. The Balaban J connectivity index is 1.60. The molecule has 0 saturated carbocycles. The molecule has 0 saturated heterocycles. The second-order valence-corrected chi connectivity index (χ2v) is 5.43. The van der Waals surface area contributed by atoms with Crippen LogP contribution in [-0.4, -0.2) is 24.7 Å². The number of ether oxygens (including phenoxy) is 1. The number of hydrogen-bond acceptors (Lipinski definition) is 5. The van der Waals surface area contributed by atoms with E-state index in [-0.39, 0.29) is 12.2 Å². The van der Waals surface area contributed by atoms with Gasteiger partial charge in [0.25, 0.3) is 5.91 Å². The van der Waals surface area contributed by atoms with E-state index in [0.29, 0.717) is 11.3 Å². The third kappa shape index (κ3) is 4.05. The second-order valence-electron chi connectivity index (χ2n) is 5.43. The molecule has 0 aliphatic heterocycles. The standard InChI is InChI=1S/C20H16N2O4/c23-19(22-21-12-15-7-2-4-10-17(15)20(24)25)13-26-18-11-5-8-14-6-1-3-9-16(14)18/h1-12H,13H2,(H,22,23)(H,24,25)/p-1/b21-12-. The fraction of sp³-hybridized carbons (Fsp3) is 0.0500. The molecule has 0 unspecified atom stereocenters. The second kappa shape index (κ2) is 7.94. The van der Waals surface area contributed by atoms with Crippen LogP contribution < -0.4 is 15.3 Å². The molecule has 1 N–H and O–H groups in total. The molecule has 0 bridgehead atoms. The van der Waals surface area contributed by atoms with Crippen molar-refractivity contribution in [1.29, 1.82) is 0 Å². The Morgan fingerprint density at radius 3 is 2.58 bits per heavy atom. The van der Waals surface area contributed by atoms with Gasteiger partial charge in [0.15, 0.2) is 6.61 Å². The number of rotatable bonds is 6. The number of carboxylic acid groups (broad SMARTS) is 1. The number of hydrazone groups is 1. The van der Waals surface area contributed by atoms with Crippen molar-refractivity contribution in [2.75, 3.05) is 6.61 Å². The first-order chi connectivity index (χ1) is 12.6. The molecule has 6 heteroatoms. The lowest BCUT2D eigenvalue weighted by molar-refractivity contribution is -0.255. The van der Waals surface area contributed by atoms with Gasteiger partial charge in [0, 0.05) is 16.5 Å². The van der Waals surface area contributed by atoms with Gasteiger partial charge in [-0.25, -0.2) is 5.43 Å². The van der Waals surface area contributed by atoms with Gasteiger partial charge >= 0.3 is 0 Å². The summed E-state index contributed by atoms with van der Waals surface area (Å²) in [6, 6.07) is 19.5. The van der Waals surface area contributed by atoms with E-state index < -0.39 is 11.9 Å². The van der Waals surface area contributed by atoms with Crippen molar-refractivity contribution in [3.05, 3.63) is 77.9 Å². The number of nitrogens with one attached hydrogen (secondary N) is 1. The fourth-order valence-electron chi connectivity index (χ4n) is 2.47. The zero-order valence-electron chi connectivity index (χ0n) is 13.7. The maximum Gasteiger partial charge on any atom is 0.277 e. The summed E-state index contributed by atoms with van der Waals surface area (Å²) in [6.45, 7) is -0.215. The summed E-state index contributed by atoms with van der Waals surface area (Å²) in [5.74, 6) is -1.16. The van der Waals surface area contributed by atoms with Gasteiger partial charge in [0.05, 0.1) is 12.2 Å². The Hall–Kier alpha value is -3.67. The molecular weight excluding hydrogens is 332 g/mol. The van der Waals surface area contributed by atoms with E-state index in [2.05, 4.69) is 10.5 Å². The quantitative estimate of drug-likeness (QED) is 0.543. The lowest BCUT2D eigenvalue weighted by Gasteiger charge is -2.08. The minimum absolute atomic E-state index is 0.00231. The minimum atomic E-state index is -1.31. The molecule has 0 atom stereocenters.